The van der Waals surface area contributed by atoms with Gasteiger partial charge in [0.25, 0.3) is 5.91 Å². The molecule has 1 amide bonds. The highest BCUT2D eigenvalue weighted by Crippen LogP contribution is 2.31. The van der Waals surface area contributed by atoms with E-state index in [0.29, 0.717) is 18.0 Å². The van der Waals surface area contributed by atoms with Crippen LogP contribution in [0.5, 0.6) is 0 Å². The van der Waals surface area contributed by atoms with Crippen LogP contribution in [0.2, 0.25) is 0 Å². The molecule has 1 atom stereocenters. The molecule has 3 N–H and O–H groups in total. The molecule has 2 rings (SSSR count). The summed E-state index contributed by atoms with van der Waals surface area (Å²) in [6, 6.07) is 2.01. The van der Waals surface area contributed by atoms with Crippen LogP contribution >= 0.6 is 27.3 Å². The number of halogens is 1. The molecule has 0 spiro atoms. The van der Waals surface area contributed by atoms with Crippen LogP contribution in [0.15, 0.2) is 9.85 Å². The zero-order valence-corrected chi connectivity index (χ0v) is 11.5. The lowest BCUT2D eigenvalue weighted by Crippen LogP contribution is -2.38. The minimum Gasteiger partial charge on any atom is -0.350 e. The minimum atomic E-state index is -0.0349. The first kappa shape index (κ1) is 12.1. The second-order valence-corrected chi connectivity index (χ2v) is 6.83. The molecule has 1 unspecified atom stereocenters. The highest BCUT2D eigenvalue weighted by atomic mass is 79.9. The van der Waals surface area contributed by atoms with E-state index in [1.807, 2.05) is 13.0 Å². The average Bonchev–Trinajstić information content (AvgIpc) is 3.01. The van der Waals surface area contributed by atoms with Crippen molar-refractivity contribution >= 4 is 33.2 Å². The first-order chi connectivity index (χ1) is 7.58. The van der Waals surface area contributed by atoms with Crippen molar-refractivity contribution < 1.29 is 4.79 Å². The maximum Gasteiger partial charge on any atom is 0.253 e. The molecule has 0 aliphatic heterocycles. The molecule has 1 heterocycles. The molecule has 0 bridgehead atoms. The van der Waals surface area contributed by atoms with Crippen LogP contribution in [0.3, 0.4) is 0 Å². The molecule has 1 saturated carbocycles. The van der Waals surface area contributed by atoms with E-state index in [1.54, 1.807) is 11.3 Å². The fourth-order valence-electron chi connectivity index (χ4n) is 1.64. The van der Waals surface area contributed by atoms with Crippen molar-refractivity contribution in [3.05, 3.63) is 20.3 Å². The van der Waals surface area contributed by atoms with Crippen LogP contribution in [-0.2, 0) is 0 Å². The van der Waals surface area contributed by atoms with Crippen molar-refractivity contribution in [2.45, 2.75) is 25.8 Å². The maximum absolute atomic E-state index is 11.8. The van der Waals surface area contributed by atoms with E-state index in [2.05, 4.69) is 21.2 Å². The summed E-state index contributed by atoms with van der Waals surface area (Å²) in [5.74, 6) is 0.584. The van der Waals surface area contributed by atoms with Crippen LogP contribution in [0.1, 0.15) is 28.1 Å². The summed E-state index contributed by atoms with van der Waals surface area (Å²) in [4.78, 5) is 13.0. The Morgan fingerprint density at radius 2 is 2.44 bits per heavy atom. The van der Waals surface area contributed by atoms with Crippen LogP contribution in [0.4, 0.5) is 0 Å². The Morgan fingerprint density at radius 1 is 1.75 bits per heavy atom. The smallest absolute Gasteiger partial charge is 0.253 e. The Bertz CT molecular complexity index is 401. The number of aryl methyl sites for hydroxylation is 1. The molecule has 16 heavy (non-hydrogen) atoms. The predicted molar refractivity (Wildman–Crippen MR) is 69.8 cm³/mol. The molecule has 1 aromatic heterocycles. The summed E-state index contributed by atoms with van der Waals surface area (Å²) >= 11 is 4.97. The van der Waals surface area contributed by atoms with E-state index in [9.17, 15) is 4.79 Å². The van der Waals surface area contributed by atoms with E-state index in [0.717, 1.165) is 8.66 Å². The van der Waals surface area contributed by atoms with Gasteiger partial charge >= 0.3 is 0 Å². The first-order valence-corrected chi connectivity index (χ1v) is 6.98. The summed E-state index contributed by atoms with van der Waals surface area (Å²) in [5, 5.41) is 2.89. The van der Waals surface area contributed by atoms with Gasteiger partial charge in [0.2, 0.25) is 0 Å². The number of thiophene rings is 1. The Balaban J connectivity index is 1.89. The molecule has 5 heteroatoms. The van der Waals surface area contributed by atoms with Crippen LogP contribution in [-0.4, -0.2) is 18.5 Å². The fourth-order valence-corrected chi connectivity index (χ4v) is 3.42. The van der Waals surface area contributed by atoms with Crippen molar-refractivity contribution in [2.24, 2.45) is 11.7 Å². The first-order valence-electron chi connectivity index (χ1n) is 5.37. The van der Waals surface area contributed by atoms with E-state index in [4.69, 9.17) is 5.73 Å². The normalized spacial score (nSPS) is 17.2. The number of amides is 1. The second kappa shape index (κ2) is 4.85. The Hall–Kier alpha value is -0.390. The molecule has 0 radical (unpaired) electrons. The predicted octanol–water partition coefficient (Wildman–Crippen LogP) is 2.29. The molecular weight excluding hydrogens is 288 g/mol. The quantitative estimate of drug-likeness (QED) is 0.896. The van der Waals surface area contributed by atoms with Gasteiger partial charge in [0.15, 0.2) is 0 Å². The van der Waals surface area contributed by atoms with Gasteiger partial charge in [-0.1, -0.05) is 0 Å². The third-order valence-corrected chi connectivity index (χ3v) is 4.53. The van der Waals surface area contributed by atoms with Gasteiger partial charge in [-0.15, -0.1) is 11.3 Å². The van der Waals surface area contributed by atoms with Crippen molar-refractivity contribution in [2.75, 3.05) is 6.54 Å². The highest BCUT2D eigenvalue weighted by Gasteiger charge is 2.28. The molecule has 1 fully saturated rings. The summed E-state index contributed by atoms with van der Waals surface area (Å²) < 4.78 is 0.891. The van der Waals surface area contributed by atoms with Gasteiger partial charge in [-0.25, -0.2) is 0 Å². The van der Waals surface area contributed by atoms with Crippen LogP contribution in [0.25, 0.3) is 0 Å². The van der Waals surface area contributed by atoms with Gasteiger partial charge in [-0.3, -0.25) is 4.79 Å². The minimum absolute atomic E-state index is 0.0349. The summed E-state index contributed by atoms with van der Waals surface area (Å²) in [5.41, 5.74) is 6.64. The monoisotopic (exact) mass is 302 g/mol. The van der Waals surface area contributed by atoms with Gasteiger partial charge in [0.05, 0.1) is 9.35 Å². The number of hydrogen-bond donors (Lipinski definition) is 2. The van der Waals surface area contributed by atoms with Gasteiger partial charge in [-0.05, 0) is 47.7 Å². The average molecular weight is 303 g/mol. The molecule has 1 aliphatic rings. The van der Waals surface area contributed by atoms with Crippen molar-refractivity contribution in [1.29, 1.82) is 0 Å². The second-order valence-electron chi connectivity index (χ2n) is 4.26. The van der Waals surface area contributed by atoms with Crippen LogP contribution < -0.4 is 11.1 Å². The lowest BCUT2D eigenvalue weighted by Gasteiger charge is -2.11. The fraction of sp³-hybridized carbons (Fsp3) is 0.545. The van der Waals surface area contributed by atoms with Crippen molar-refractivity contribution in [3.8, 4) is 0 Å². The van der Waals surface area contributed by atoms with Gasteiger partial charge in [-0.2, -0.15) is 0 Å². The highest BCUT2D eigenvalue weighted by molar-refractivity contribution is 9.11. The van der Waals surface area contributed by atoms with Crippen molar-refractivity contribution in [3.63, 3.8) is 0 Å². The van der Waals surface area contributed by atoms with Gasteiger partial charge < -0.3 is 11.1 Å². The van der Waals surface area contributed by atoms with Crippen LogP contribution in [0, 0.1) is 12.8 Å². The van der Waals surface area contributed by atoms with E-state index < -0.39 is 0 Å². The third-order valence-electron chi connectivity index (χ3n) is 2.78. The van der Waals surface area contributed by atoms with E-state index in [1.165, 1.54) is 12.8 Å². The van der Waals surface area contributed by atoms with Gasteiger partial charge in [0, 0.05) is 17.5 Å². The Morgan fingerprint density at radius 3 is 2.94 bits per heavy atom. The SMILES string of the molecule is Cc1cc(C(=O)NCC(N)C2CC2)c(Br)s1. The molecular formula is C11H15BrN2OS. The number of nitrogens with one attached hydrogen (secondary N) is 1. The third kappa shape index (κ3) is 2.84. The lowest BCUT2D eigenvalue weighted by molar-refractivity contribution is 0.0950. The largest absolute Gasteiger partial charge is 0.350 e. The number of hydrogen-bond acceptors (Lipinski definition) is 3. The zero-order chi connectivity index (χ0) is 11.7. The number of carbonyl (C=O) groups is 1. The summed E-state index contributed by atoms with van der Waals surface area (Å²) in [6.45, 7) is 2.56. The lowest BCUT2D eigenvalue weighted by atomic mass is 10.2. The topological polar surface area (TPSA) is 55.1 Å². The van der Waals surface area contributed by atoms with E-state index >= 15 is 0 Å². The summed E-state index contributed by atoms with van der Waals surface area (Å²) in [7, 11) is 0. The Kier molecular flexibility index (Phi) is 3.66. The standard InChI is InChI=1S/C11H15BrN2OS/c1-6-4-8(10(12)16-6)11(15)14-5-9(13)7-2-3-7/h4,7,9H,2-3,5,13H2,1H3,(H,14,15). The molecule has 3 nitrogen and oxygen atoms in total. The van der Waals surface area contributed by atoms with Gasteiger partial charge in [0.1, 0.15) is 0 Å². The maximum atomic E-state index is 11.8. The van der Waals surface area contributed by atoms with E-state index in [-0.39, 0.29) is 11.9 Å². The molecule has 0 saturated heterocycles. The molecule has 1 aromatic rings. The van der Waals surface area contributed by atoms with Crippen molar-refractivity contribution in [1.82, 2.24) is 5.32 Å². The molecule has 1 aliphatic carbocycles. The number of rotatable bonds is 4. The molecule has 0 aromatic carbocycles. The summed E-state index contributed by atoms with van der Waals surface area (Å²) in [6.07, 6.45) is 2.41. The number of carbonyl (C=O) groups excluding carboxylic acids is 1. The number of nitrogens with two attached hydrogens (primary N) is 1. The molecule has 88 valence electrons. The Labute approximate surface area is 108 Å². The zero-order valence-electron chi connectivity index (χ0n) is 9.13.